The van der Waals surface area contributed by atoms with Gasteiger partial charge in [-0.05, 0) is 19.1 Å². The van der Waals surface area contributed by atoms with Crippen molar-refractivity contribution in [2.45, 2.75) is 35.2 Å². The van der Waals surface area contributed by atoms with Crippen molar-refractivity contribution in [1.82, 2.24) is 19.5 Å². The number of aliphatic hydroxyl groups is 3. The number of nitrogens with zero attached hydrogens (tertiary/aromatic N) is 4. The molecule has 11 nitrogen and oxygen atoms in total. The zero-order chi connectivity index (χ0) is 21.0. The minimum absolute atomic E-state index is 0.00313. The molecule has 0 amide bonds. The molecule has 0 spiro atoms. The van der Waals surface area contributed by atoms with Crippen molar-refractivity contribution in [3.8, 4) is 0 Å². The molecule has 1 aromatic carbocycles. The predicted octanol–water partition coefficient (Wildman–Crippen LogP) is -1.09. The number of imidazole rings is 1. The summed E-state index contributed by atoms with van der Waals surface area (Å²) in [6.07, 6.45) is -2.79. The SMILES string of the molecule is Cc1ccc(S(=O)(=O)[C@]2(n3cnc4c(N)ncnc43)O[C@H](CO)[C@@H](O)[C@H]2O)cc1. The van der Waals surface area contributed by atoms with Crippen LogP contribution in [-0.2, 0) is 19.6 Å². The fraction of sp³-hybridized carbons (Fsp3) is 0.353. The third kappa shape index (κ3) is 2.64. The summed E-state index contributed by atoms with van der Waals surface area (Å²) < 4.78 is 34.1. The number of ether oxygens (including phenoxy) is 1. The monoisotopic (exact) mass is 421 g/mol. The molecule has 29 heavy (non-hydrogen) atoms. The summed E-state index contributed by atoms with van der Waals surface area (Å²) in [5.41, 5.74) is 6.71. The zero-order valence-electron chi connectivity index (χ0n) is 15.2. The van der Waals surface area contributed by atoms with Gasteiger partial charge in [0.05, 0.1) is 11.5 Å². The molecule has 5 N–H and O–H groups in total. The Kier molecular flexibility index (Phi) is 4.55. The van der Waals surface area contributed by atoms with Gasteiger partial charge >= 0.3 is 0 Å². The number of aromatic nitrogens is 4. The molecule has 0 bridgehead atoms. The van der Waals surface area contributed by atoms with Gasteiger partial charge in [-0.2, -0.15) is 0 Å². The average Bonchev–Trinajstić information content (AvgIpc) is 3.24. The van der Waals surface area contributed by atoms with Crippen molar-refractivity contribution in [3.63, 3.8) is 0 Å². The summed E-state index contributed by atoms with van der Waals surface area (Å²) in [6.45, 7) is 1.08. The first-order valence-electron chi connectivity index (χ1n) is 8.64. The smallest absolute Gasteiger partial charge is 0.286 e. The van der Waals surface area contributed by atoms with Crippen molar-refractivity contribution < 1.29 is 28.5 Å². The largest absolute Gasteiger partial charge is 0.394 e. The van der Waals surface area contributed by atoms with Gasteiger partial charge in [0.2, 0.25) is 9.84 Å². The van der Waals surface area contributed by atoms with Gasteiger partial charge in [0, 0.05) is 0 Å². The fourth-order valence-corrected chi connectivity index (χ4v) is 5.37. The van der Waals surface area contributed by atoms with E-state index in [1.807, 2.05) is 0 Å². The second-order valence-corrected chi connectivity index (χ2v) is 8.83. The second kappa shape index (κ2) is 6.71. The molecule has 2 aromatic heterocycles. The van der Waals surface area contributed by atoms with Gasteiger partial charge in [-0.1, -0.05) is 17.7 Å². The van der Waals surface area contributed by atoms with Gasteiger partial charge in [-0.15, -0.1) is 0 Å². The van der Waals surface area contributed by atoms with Gasteiger partial charge in [0.25, 0.3) is 5.06 Å². The molecule has 4 rings (SSSR count). The molecule has 1 saturated heterocycles. The van der Waals surface area contributed by atoms with Gasteiger partial charge in [0.1, 0.15) is 36.5 Å². The van der Waals surface area contributed by atoms with E-state index in [1.54, 1.807) is 19.1 Å². The highest BCUT2D eigenvalue weighted by Gasteiger charge is 2.64. The number of nitrogens with two attached hydrogens (primary N) is 1. The normalized spacial score (nSPS) is 27.5. The van der Waals surface area contributed by atoms with Crippen LogP contribution in [-0.4, -0.2) is 68.2 Å². The van der Waals surface area contributed by atoms with Crippen molar-refractivity contribution >= 4 is 26.8 Å². The average molecular weight is 421 g/mol. The standard InChI is InChI=1S/C17H19N5O6S/c1-9-2-4-10(5-3-9)29(26,27)17(14(25)13(24)11(6-23)28-17)22-8-21-12-15(18)19-7-20-16(12)22/h2-5,7-8,11,13-14,23-25H,6H2,1H3,(H2,18,19,20)/t11-,13-,14-,17-/m1/s1. The second-order valence-electron chi connectivity index (χ2n) is 6.77. The van der Waals surface area contributed by atoms with Crippen molar-refractivity contribution in [2.24, 2.45) is 0 Å². The van der Waals surface area contributed by atoms with Crippen LogP contribution in [0.5, 0.6) is 0 Å². The molecule has 3 aromatic rings. The molecule has 3 heterocycles. The number of anilines is 1. The number of benzene rings is 1. The molecule has 154 valence electrons. The van der Waals surface area contributed by atoms with E-state index >= 15 is 0 Å². The Bertz CT molecular complexity index is 1160. The van der Waals surface area contributed by atoms with Crippen molar-refractivity contribution in [2.75, 3.05) is 12.3 Å². The minimum Gasteiger partial charge on any atom is -0.394 e. The Labute approximate surface area is 165 Å². The number of aliphatic hydroxyl groups excluding tert-OH is 3. The highest BCUT2D eigenvalue weighted by atomic mass is 32.2. The van der Waals surface area contributed by atoms with E-state index in [2.05, 4.69) is 15.0 Å². The molecule has 1 aliphatic rings. The van der Waals surface area contributed by atoms with Crippen LogP contribution in [0.25, 0.3) is 11.2 Å². The fourth-order valence-electron chi connectivity index (χ4n) is 3.44. The number of hydrogen-bond acceptors (Lipinski definition) is 10. The maximum Gasteiger partial charge on any atom is 0.286 e. The number of aryl methyl sites for hydroxylation is 1. The first-order chi connectivity index (χ1) is 13.7. The molecule has 0 radical (unpaired) electrons. The van der Waals surface area contributed by atoms with Crippen LogP contribution < -0.4 is 5.73 Å². The van der Waals surface area contributed by atoms with Crippen LogP contribution in [0.2, 0.25) is 0 Å². The summed E-state index contributed by atoms with van der Waals surface area (Å²) in [5.74, 6) is 0.00313. The molecule has 0 saturated carbocycles. The summed E-state index contributed by atoms with van der Waals surface area (Å²) in [6, 6.07) is 5.91. The first-order valence-corrected chi connectivity index (χ1v) is 10.1. The summed E-state index contributed by atoms with van der Waals surface area (Å²) >= 11 is 0. The first kappa shape index (κ1) is 19.7. The molecule has 12 heteroatoms. The molecule has 0 unspecified atom stereocenters. The van der Waals surface area contributed by atoms with E-state index in [9.17, 15) is 23.7 Å². The lowest BCUT2D eigenvalue weighted by Crippen LogP contribution is -2.51. The predicted molar refractivity (Wildman–Crippen MR) is 100 cm³/mol. The van der Waals surface area contributed by atoms with E-state index in [-0.39, 0.29) is 21.9 Å². The molecular weight excluding hydrogens is 402 g/mol. The molecular formula is C17H19N5O6S. The molecule has 4 atom stereocenters. The number of rotatable bonds is 4. The Hall–Kier alpha value is -2.64. The summed E-state index contributed by atoms with van der Waals surface area (Å²) in [4.78, 5) is 11.7. The van der Waals surface area contributed by atoms with E-state index in [0.717, 1.165) is 22.8 Å². The topological polar surface area (TPSA) is 174 Å². The summed E-state index contributed by atoms with van der Waals surface area (Å²) in [5, 5.41) is 28.3. The maximum atomic E-state index is 13.7. The lowest BCUT2D eigenvalue weighted by Gasteiger charge is -2.33. The number of sulfone groups is 1. The van der Waals surface area contributed by atoms with Crippen molar-refractivity contribution in [1.29, 1.82) is 0 Å². The van der Waals surface area contributed by atoms with Gasteiger partial charge < -0.3 is 25.8 Å². The van der Waals surface area contributed by atoms with Crippen LogP contribution in [0, 0.1) is 6.92 Å². The molecule has 1 aliphatic heterocycles. The van der Waals surface area contributed by atoms with Gasteiger partial charge in [-0.25, -0.2) is 23.4 Å². The maximum absolute atomic E-state index is 13.7. The van der Waals surface area contributed by atoms with Gasteiger partial charge in [-0.3, -0.25) is 4.57 Å². The molecule has 0 aliphatic carbocycles. The summed E-state index contributed by atoms with van der Waals surface area (Å²) in [7, 11) is -4.49. The Morgan fingerprint density at radius 1 is 1.21 bits per heavy atom. The van der Waals surface area contributed by atoms with Crippen LogP contribution in [0.15, 0.2) is 41.8 Å². The van der Waals surface area contributed by atoms with E-state index < -0.39 is 39.8 Å². The minimum atomic E-state index is -4.49. The Balaban J connectivity index is 2.04. The Morgan fingerprint density at radius 3 is 2.52 bits per heavy atom. The van der Waals surface area contributed by atoms with Crippen molar-refractivity contribution in [3.05, 3.63) is 42.5 Å². The van der Waals surface area contributed by atoms with Crippen LogP contribution in [0.1, 0.15) is 5.56 Å². The lowest BCUT2D eigenvalue weighted by atomic mass is 10.1. The molecule has 1 fully saturated rings. The number of fused-ring (bicyclic) bond motifs is 1. The zero-order valence-corrected chi connectivity index (χ0v) is 16.1. The number of hydrogen-bond donors (Lipinski definition) is 4. The quantitative estimate of drug-likeness (QED) is 0.405. The van der Waals surface area contributed by atoms with E-state index in [0.29, 0.717) is 0 Å². The lowest BCUT2D eigenvalue weighted by molar-refractivity contribution is -0.0842. The van der Waals surface area contributed by atoms with E-state index in [4.69, 9.17) is 10.5 Å². The van der Waals surface area contributed by atoms with Crippen LogP contribution in [0.4, 0.5) is 5.82 Å². The Morgan fingerprint density at radius 2 is 1.90 bits per heavy atom. The third-order valence-corrected chi connectivity index (χ3v) is 7.19. The number of nitrogen functional groups attached to an aromatic ring is 1. The highest BCUT2D eigenvalue weighted by molar-refractivity contribution is 7.92. The van der Waals surface area contributed by atoms with Crippen LogP contribution in [0.3, 0.4) is 0 Å². The highest BCUT2D eigenvalue weighted by Crippen LogP contribution is 2.44. The van der Waals surface area contributed by atoms with E-state index in [1.165, 1.54) is 12.1 Å². The van der Waals surface area contributed by atoms with Crippen LogP contribution >= 0.6 is 0 Å². The third-order valence-electron chi connectivity index (χ3n) is 4.99. The van der Waals surface area contributed by atoms with Gasteiger partial charge in [0.15, 0.2) is 11.5 Å².